The molecule has 3 aromatic carbocycles. The Morgan fingerprint density at radius 3 is 2.18 bits per heavy atom. The number of phenols is 1. The third-order valence-corrected chi connectivity index (χ3v) is 7.18. The Hall–Kier alpha value is -3.91. The topological polar surface area (TPSA) is 96.6 Å². The van der Waals surface area contributed by atoms with E-state index in [9.17, 15) is 14.7 Å². The van der Waals surface area contributed by atoms with Crippen LogP contribution in [0.15, 0.2) is 81.8 Å². The number of carbonyl (C=O) groups is 1. The van der Waals surface area contributed by atoms with Gasteiger partial charge in [-0.3, -0.25) is 14.2 Å². The summed E-state index contributed by atoms with van der Waals surface area (Å²) in [5, 5.41) is 16.0. The molecule has 39 heavy (non-hydrogen) atoms. The van der Waals surface area contributed by atoms with Gasteiger partial charge in [-0.15, -0.1) is 0 Å². The van der Waals surface area contributed by atoms with Crippen LogP contribution in [0.4, 0.5) is 0 Å². The molecular weight excluding hydrogens is 508 g/mol. The van der Waals surface area contributed by atoms with Crippen molar-refractivity contribution in [1.29, 1.82) is 0 Å². The zero-order valence-electron chi connectivity index (χ0n) is 23.1. The standard InChI is InChI=1S/C31H34N4O3S/c1-30(2,3)23-16-20(17-24(27(23)37)31(4,5)6)18-32-34-26(36)19-39-29-33-25-15-11-10-14-22(25)28(38)35(29)21-12-8-7-9-13-21/h7-18,37H,19H2,1-6H3,(H,34,36)/b32-18-. The highest BCUT2D eigenvalue weighted by Gasteiger charge is 2.26. The molecule has 0 unspecified atom stereocenters. The van der Waals surface area contributed by atoms with Crippen molar-refractivity contribution in [2.24, 2.45) is 5.10 Å². The van der Waals surface area contributed by atoms with Crippen LogP contribution in [-0.2, 0) is 15.6 Å². The molecule has 4 aromatic rings. The number of hydrazone groups is 1. The maximum atomic E-state index is 13.3. The number of nitrogens with one attached hydrogen (secondary N) is 1. The molecule has 0 saturated heterocycles. The summed E-state index contributed by atoms with van der Waals surface area (Å²) in [6.45, 7) is 12.3. The molecule has 0 aliphatic rings. The monoisotopic (exact) mass is 542 g/mol. The molecule has 7 nitrogen and oxygen atoms in total. The van der Waals surface area contributed by atoms with Gasteiger partial charge in [0.2, 0.25) is 0 Å². The molecule has 0 saturated carbocycles. The highest BCUT2D eigenvalue weighted by atomic mass is 32.2. The number of nitrogens with zero attached hydrogens (tertiary/aromatic N) is 3. The van der Waals surface area contributed by atoms with Crippen molar-refractivity contribution in [1.82, 2.24) is 15.0 Å². The maximum absolute atomic E-state index is 13.3. The molecule has 2 N–H and O–H groups in total. The molecule has 1 heterocycles. The summed E-state index contributed by atoms with van der Waals surface area (Å²) in [5.74, 6) is -0.0190. The fourth-order valence-corrected chi connectivity index (χ4v) is 5.03. The summed E-state index contributed by atoms with van der Waals surface area (Å²) in [6, 6.07) is 20.2. The van der Waals surface area contributed by atoms with Gasteiger partial charge in [-0.1, -0.05) is 83.6 Å². The summed E-state index contributed by atoms with van der Waals surface area (Å²) in [7, 11) is 0. The maximum Gasteiger partial charge on any atom is 0.266 e. The Bertz CT molecular complexity index is 1560. The number of aromatic nitrogens is 2. The first-order valence-electron chi connectivity index (χ1n) is 12.8. The largest absolute Gasteiger partial charge is 0.507 e. The summed E-state index contributed by atoms with van der Waals surface area (Å²) in [6.07, 6.45) is 1.58. The van der Waals surface area contributed by atoms with Crippen LogP contribution in [-0.4, -0.2) is 32.5 Å². The molecule has 1 aromatic heterocycles. The second-order valence-electron chi connectivity index (χ2n) is 11.4. The summed E-state index contributed by atoms with van der Waals surface area (Å²) in [5.41, 5.74) is 5.52. The molecular formula is C31H34N4O3S. The molecule has 0 spiro atoms. The van der Waals surface area contributed by atoms with Gasteiger partial charge in [-0.2, -0.15) is 5.10 Å². The summed E-state index contributed by atoms with van der Waals surface area (Å²) >= 11 is 1.17. The van der Waals surface area contributed by atoms with E-state index in [0.717, 1.165) is 16.7 Å². The number of aromatic hydroxyl groups is 1. The Kier molecular flexibility index (Phi) is 7.97. The smallest absolute Gasteiger partial charge is 0.266 e. The first-order chi connectivity index (χ1) is 18.4. The number of fused-ring (bicyclic) bond motifs is 1. The van der Waals surface area contributed by atoms with Crippen LogP contribution in [0, 0.1) is 0 Å². The Labute approximate surface area is 233 Å². The van der Waals surface area contributed by atoms with Gasteiger partial charge < -0.3 is 5.11 Å². The number of hydrogen-bond acceptors (Lipinski definition) is 6. The van der Waals surface area contributed by atoms with Crippen LogP contribution in [0.2, 0.25) is 0 Å². The number of benzene rings is 3. The van der Waals surface area contributed by atoms with Crippen molar-refractivity contribution in [3.05, 3.63) is 93.8 Å². The van der Waals surface area contributed by atoms with Crippen LogP contribution in [0.3, 0.4) is 0 Å². The molecule has 0 fully saturated rings. The molecule has 4 rings (SSSR count). The van der Waals surface area contributed by atoms with Crippen LogP contribution in [0.1, 0.15) is 58.2 Å². The normalized spacial score (nSPS) is 12.3. The van der Waals surface area contributed by atoms with E-state index in [4.69, 9.17) is 0 Å². The molecule has 0 aliphatic heterocycles. The third-order valence-electron chi connectivity index (χ3n) is 6.24. The van der Waals surface area contributed by atoms with Crippen LogP contribution >= 0.6 is 11.8 Å². The average molecular weight is 543 g/mol. The van der Waals surface area contributed by atoms with Gasteiger partial charge in [0.1, 0.15) is 5.75 Å². The Balaban J connectivity index is 1.55. The van der Waals surface area contributed by atoms with Crippen molar-refractivity contribution in [2.75, 3.05) is 5.75 Å². The third kappa shape index (κ3) is 6.40. The lowest BCUT2D eigenvalue weighted by molar-refractivity contribution is -0.118. The molecule has 202 valence electrons. The lowest BCUT2D eigenvalue weighted by atomic mass is 9.78. The number of amides is 1. The van der Waals surface area contributed by atoms with Gasteiger partial charge in [0.25, 0.3) is 11.5 Å². The fourth-order valence-electron chi connectivity index (χ4n) is 4.23. The number of carbonyl (C=O) groups excluding carboxylic acids is 1. The van der Waals surface area contributed by atoms with Gasteiger partial charge in [-0.05, 0) is 52.8 Å². The van der Waals surface area contributed by atoms with E-state index in [1.807, 2.05) is 96.1 Å². The Morgan fingerprint density at radius 2 is 1.56 bits per heavy atom. The van der Waals surface area contributed by atoms with Crippen molar-refractivity contribution >= 4 is 34.8 Å². The number of phenolic OH excluding ortho intramolecular Hbond substituents is 1. The predicted octanol–water partition coefficient (Wildman–Crippen LogP) is 5.93. The van der Waals surface area contributed by atoms with E-state index in [2.05, 4.69) is 15.5 Å². The summed E-state index contributed by atoms with van der Waals surface area (Å²) < 4.78 is 1.53. The first kappa shape index (κ1) is 28.1. The molecule has 0 bridgehead atoms. The molecule has 0 aliphatic carbocycles. The lowest BCUT2D eigenvalue weighted by Crippen LogP contribution is -2.24. The second kappa shape index (κ2) is 11.1. The van der Waals surface area contributed by atoms with Crippen molar-refractivity contribution in [2.45, 2.75) is 57.5 Å². The fraction of sp³-hybridized carbons (Fsp3) is 0.290. The number of hydrogen-bond donors (Lipinski definition) is 2. The van der Waals surface area contributed by atoms with Gasteiger partial charge >= 0.3 is 0 Å². The Morgan fingerprint density at radius 1 is 0.974 bits per heavy atom. The van der Waals surface area contributed by atoms with E-state index in [-0.39, 0.29) is 28.0 Å². The molecule has 1 amide bonds. The van der Waals surface area contributed by atoms with E-state index in [0.29, 0.717) is 27.5 Å². The quantitative estimate of drug-likeness (QED) is 0.136. The van der Waals surface area contributed by atoms with Crippen LogP contribution in [0.25, 0.3) is 16.6 Å². The number of para-hydroxylation sites is 2. The predicted molar refractivity (Wildman–Crippen MR) is 159 cm³/mol. The van der Waals surface area contributed by atoms with E-state index in [1.165, 1.54) is 16.3 Å². The second-order valence-corrected chi connectivity index (χ2v) is 12.4. The van der Waals surface area contributed by atoms with Gasteiger partial charge in [0, 0.05) is 11.1 Å². The minimum atomic E-state index is -0.330. The summed E-state index contributed by atoms with van der Waals surface area (Å²) in [4.78, 5) is 30.7. The van der Waals surface area contributed by atoms with E-state index < -0.39 is 0 Å². The molecule has 8 heteroatoms. The highest BCUT2D eigenvalue weighted by Crippen LogP contribution is 2.39. The average Bonchev–Trinajstić information content (AvgIpc) is 2.87. The van der Waals surface area contributed by atoms with Gasteiger partial charge in [0.05, 0.1) is 28.6 Å². The van der Waals surface area contributed by atoms with E-state index in [1.54, 1.807) is 18.3 Å². The van der Waals surface area contributed by atoms with Crippen molar-refractivity contribution in [3.63, 3.8) is 0 Å². The van der Waals surface area contributed by atoms with Gasteiger partial charge in [-0.25, -0.2) is 10.4 Å². The van der Waals surface area contributed by atoms with Crippen molar-refractivity contribution < 1.29 is 9.90 Å². The first-order valence-corrected chi connectivity index (χ1v) is 13.7. The molecule has 0 atom stereocenters. The van der Waals surface area contributed by atoms with Crippen molar-refractivity contribution in [3.8, 4) is 11.4 Å². The molecule has 0 radical (unpaired) electrons. The van der Waals surface area contributed by atoms with Crippen LogP contribution < -0.4 is 11.0 Å². The lowest BCUT2D eigenvalue weighted by Gasteiger charge is -2.27. The highest BCUT2D eigenvalue weighted by molar-refractivity contribution is 7.99. The van der Waals surface area contributed by atoms with Gasteiger partial charge in [0.15, 0.2) is 5.16 Å². The number of rotatable bonds is 6. The van der Waals surface area contributed by atoms with E-state index >= 15 is 0 Å². The van der Waals surface area contributed by atoms with Crippen LogP contribution in [0.5, 0.6) is 5.75 Å². The minimum Gasteiger partial charge on any atom is -0.507 e. The number of thioether (sulfide) groups is 1. The minimum absolute atomic E-state index is 0.0189. The SMILES string of the molecule is CC(C)(C)c1cc(/C=N\NC(=O)CSc2nc3ccccc3c(=O)n2-c2ccccc2)cc(C(C)(C)C)c1O. The zero-order chi connectivity index (χ0) is 28.4. The zero-order valence-corrected chi connectivity index (χ0v) is 24.0.